The maximum absolute atomic E-state index is 12.2. The number of aromatic nitrogens is 3. The smallest absolute Gasteiger partial charge is 0.407 e. The molecule has 1 aliphatic rings. The Morgan fingerprint density at radius 1 is 1.36 bits per heavy atom. The number of H-pyrrole nitrogens is 1. The zero-order valence-electron chi connectivity index (χ0n) is 14.8. The van der Waals surface area contributed by atoms with Crippen molar-refractivity contribution in [2.45, 2.75) is 25.1 Å². The number of carbonyl (C=O) groups is 1. The number of halogens is 3. The zero-order valence-corrected chi connectivity index (χ0v) is 14.8. The summed E-state index contributed by atoms with van der Waals surface area (Å²) in [6, 6.07) is 1.94. The van der Waals surface area contributed by atoms with Crippen LogP contribution in [-0.4, -0.2) is 53.0 Å². The normalized spacial score (nSPS) is 17.8. The van der Waals surface area contributed by atoms with Crippen LogP contribution in [0.25, 0.3) is 21.8 Å². The second-order valence-corrected chi connectivity index (χ2v) is 6.71. The van der Waals surface area contributed by atoms with Crippen molar-refractivity contribution in [1.82, 2.24) is 20.3 Å². The summed E-state index contributed by atoms with van der Waals surface area (Å²) in [7, 11) is 0. The number of pyridine rings is 2. The number of alkyl carbamates (subject to hydrolysis) is 1. The second kappa shape index (κ2) is 7.17. The van der Waals surface area contributed by atoms with Crippen LogP contribution in [0.5, 0.6) is 0 Å². The lowest BCUT2D eigenvalue weighted by atomic mass is 10.0. The molecule has 1 saturated heterocycles. The molecule has 2 N–H and O–H groups in total. The van der Waals surface area contributed by atoms with Gasteiger partial charge in [-0.1, -0.05) is 0 Å². The number of anilines is 1. The Kier molecular flexibility index (Phi) is 4.70. The van der Waals surface area contributed by atoms with Crippen LogP contribution in [0, 0.1) is 0 Å². The van der Waals surface area contributed by atoms with Gasteiger partial charge in [-0.25, -0.2) is 9.78 Å². The van der Waals surface area contributed by atoms with E-state index in [4.69, 9.17) is 4.74 Å². The molecule has 3 aromatic rings. The molecule has 0 saturated carbocycles. The summed E-state index contributed by atoms with van der Waals surface area (Å²) in [5.74, 6) is 0. The number of carbonyl (C=O) groups excluding carboxylic acids is 1. The van der Waals surface area contributed by atoms with Crippen LogP contribution in [0.3, 0.4) is 0 Å². The van der Waals surface area contributed by atoms with Crippen LogP contribution in [0.4, 0.5) is 23.7 Å². The number of nitrogens with zero attached hydrogens (tertiary/aromatic N) is 3. The van der Waals surface area contributed by atoms with Crippen LogP contribution >= 0.6 is 0 Å². The summed E-state index contributed by atoms with van der Waals surface area (Å²) in [6.07, 6.45) is 2.36. The maximum atomic E-state index is 12.2. The maximum Gasteiger partial charge on any atom is 0.407 e. The van der Waals surface area contributed by atoms with Gasteiger partial charge < -0.3 is 19.9 Å². The first-order valence-electron chi connectivity index (χ1n) is 8.87. The van der Waals surface area contributed by atoms with Gasteiger partial charge in [-0.05, 0) is 18.9 Å². The van der Waals surface area contributed by atoms with E-state index in [0.29, 0.717) is 13.0 Å². The fraction of sp³-hybridized carbons (Fsp3) is 0.389. The summed E-state index contributed by atoms with van der Waals surface area (Å²) in [5.41, 5.74) is 1.64. The lowest BCUT2D eigenvalue weighted by molar-refractivity contribution is -0.124. The minimum atomic E-state index is -4.47. The van der Waals surface area contributed by atoms with E-state index in [1.807, 2.05) is 17.2 Å². The van der Waals surface area contributed by atoms with Crippen molar-refractivity contribution in [3.63, 3.8) is 0 Å². The molecule has 1 atom stereocenters. The summed E-state index contributed by atoms with van der Waals surface area (Å²) < 4.78 is 41.9. The average Bonchev–Trinajstić information content (AvgIpc) is 3.15. The molecule has 4 heterocycles. The highest BCUT2D eigenvalue weighted by molar-refractivity contribution is 6.10. The van der Waals surface area contributed by atoms with Crippen molar-refractivity contribution in [3.8, 4) is 0 Å². The van der Waals surface area contributed by atoms with Gasteiger partial charge in [0.25, 0.3) is 0 Å². The number of ether oxygens (including phenoxy) is 1. The molecule has 10 heteroatoms. The molecule has 1 fully saturated rings. The van der Waals surface area contributed by atoms with Crippen molar-refractivity contribution in [2.75, 3.05) is 24.5 Å². The molecule has 28 heavy (non-hydrogen) atoms. The molecule has 4 rings (SSSR count). The van der Waals surface area contributed by atoms with Gasteiger partial charge in [-0.2, -0.15) is 13.2 Å². The number of hydrogen-bond acceptors (Lipinski definition) is 5. The van der Waals surface area contributed by atoms with Gasteiger partial charge >= 0.3 is 12.3 Å². The molecule has 0 radical (unpaired) electrons. The summed E-state index contributed by atoms with van der Waals surface area (Å²) in [4.78, 5) is 25.5. The largest absolute Gasteiger partial charge is 0.444 e. The fourth-order valence-electron chi connectivity index (χ4n) is 3.52. The molecule has 7 nitrogen and oxygen atoms in total. The number of fused-ring (bicyclic) bond motifs is 3. The molecular formula is C18H18F3N5O2. The third-order valence-corrected chi connectivity index (χ3v) is 4.71. The van der Waals surface area contributed by atoms with Crippen LogP contribution in [0.2, 0.25) is 0 Å². The highest BCUT2D eigenvalue weighted by atomic mass is 19.4. The topological polar surface area (TPSA) is 83.1 Å². The molecule has 0 aromatic carbocycles. The molecule has 1 unspecified atom stereocenters. The minimum absolute atomic E-state index is 0.383. The average molecular weight is 393 g/mol. The van der Waals surface area contributed by atoms with Crippen LogP contribution < -0.4 is 10.2 Å². The number of amides is 1. The Labute approximate surface area is 157 Å². The Morgan fingerprint density at radius 3 is 3.04 bits per heavy atom. The highest BCUT2D eigenvalue weighted by Crippen LogP contribution is 2.33. The van der Waals surface area contributed by atoms with Crippen molar-refractivity contribution in [2.24, 2.45) is 0 Å². The predicted molar refractivity (Wildman–Crippen MR) is 97.2 cm³/mol. The van der Waals surface area contributed by atoms with E-state index in [9.17, 15) is 18.0 Å². The number of aromatic amines is 1. The van der Waals surface area contributed by atoms with E-state index >= 15 is 0 Å². The molecule has 3 aromatic heterocycles. The highest BCUT2D eigenvalue weighted by Gasteiger charge is 2.30. The van der Waals surface area contributed by atoms with Crippen LogP contribution in [-0.2, 0) is 4.74 Å². The zero-order chi connectivity index (χ0) is 19.7. The second-order valence-electron chi connectivity index (χ2n) is 6.71. The standard InChI is InChI=1S/C18H18F3N5O2/c19-18(20,21)10-25-17(27)28-12-2-1-5-26(9-12)14-8-22-6-11-7-24-16-13(15(11)14)3-4-23-16/h3-4,6-8,12H,1-2,5,9-10H2,(H,23,24)(H,25,27). The van der Waals surface area contributed by atoms with Gasteiger partial charge in [0, 0.05) is 41.3 Å². The first-order valence-corrected chi connectivity index (χ1v) is 8.87. The predicted octanol–water partition coefficient (Wildman–Crippen LogP) is 3.37. The van der Waals surface area contributed by atoms with Crippen molar-refractivity contribution in [3.05, 3.63) is 30.9 Å². The summed E-state index contributed by atoms with van der Waals surface area (Å²) in [6.45, 7) is -0.290. The number of hydrogen-bond donors (Lipinski definition) is 2. The fourth-order valence-corrected chi connectivity index (χ4v) is 3.52. The van der Waals surface area contributed by atoms with Gasteiger partial charge in [0.1, 0.15) is 18.3 Å². The Bertz CT molecular complexity index is 1000. The van der Waals surface area contributed by atoms with E-state index in [1.54, 1.807) is 23.9 Å². The van der Waals surface area contributed by atoms with E-state index in [1.165, 1.54) is 0 Å². The molecule has 148 valence electrons. The number of alkyl halides is 3. The van der Waals surface area contributed by atoms with Crippen molar-refractivity contribution < 1.29 is 22.7 Å². The molecule has 0 aliphatic carbocycles. The molecule has 1 amide bonds. The minimum Gasteiger partial charge on any atom is -0.444 e. The van der Waals surface area contributed by atoms with E-state index < -0.39 is 24.9 Å². The summed E-state index contributed by atoms with van der Waals surface area (Å²) in [5, 5.41) is 4.58. The van der Waals surface area contributed by atoms with Crippen molar-refractivity contribution >= 4 is 33.6 Å². The van der Waals surface area contributed by atoms with E-state index in [-0.39, 0.29) is 0 Å². The third kappa shape index (κ3) is 3.80. The number of nitrogens with one attached hydrogen (secondary N) is 2. The number of rotatable bonds is 3. The first kappa shape index (κ1) is 18.3. The summed E-state index contributed by atoms with van der Waals surface area (Å²) >= 11 is 0. The van der Waals surface area contributed by atoms with Gasteiger partial charge in [0.2, 0.25) is 0 Å². The first-order chi connectivity index (χ1) is 13.4. The van der Waals surface area contributed by atoms with Crippen LogP contribution in [0.15, 0.2) is 30.9 Å². The van der Waals surface area contributed by atoms with Gasteiger partial charge in [0.05, 0.1) is 18.4 Å². The van der Waals surface area contributed by atoms with Crippen molar-refractivity contribution in [1.29, 1.82) is 0 Å². The SMILES string of the molecule is O=C(NCC(F)(F)F)OC1CCCN(c2cncc3cnc4[nH]ccc4c23)C1. The Balaban J connectivity index is 1.54. The van der Waals surface area contributed by atoms with Crippen LogP contribution in [0.1, 0.15) is 12.8 Å². The molecule has 0 spiro atoms. The van der Waals surface area contributed by atoms with Gasteiger partial charge in [0.15, 0.2) is 0 Å². The lowest BCUT2D eigenvalue weighted by Crippen LogP contribution is -2.43. The Morgan fingerprint density at radius 2 is 2.21 bits per heavy atom. The van der Waals surface area contributed by atoms with Gasteiger partial charge in [-0.15, -0.1) is 0 Å². The number of piperidine rings is 1. The molecule has 0 bridgehead atoms. The third-order valence-electron chi connectivity index (χ3n) is 4.71. The molecule has 1 aliphatic heterocycles. The molecular weight excluding hydrogens is 375 g/mol. The van der Waals surface area contributed by atoms with E-state index in [2.05, 4.69) is 15.0 Å². The Hall–Kier alpha value is -3.04. The van der Waals surface area contributed by atoms with Gasteiger partial charge in [-0.3, -0.25) is 4.98 Å². The monoisotopic (exact) mass is 393 g/mol. The lowest BCUT2D eigenvalue weighted by Gasteiger charge is -2.34. The quantitative estimate of drug-likeness (QED) is 0.713. The van der Waals surface area contributed by atoms with E-state index in [0.717, 1.165) is 40.5 Å².